The van der Waals surface area contributed by atoms with Crippen molar-refractivity contribution in [1.82, 2.24) is 9.13 Å². The summed E-state index contributed by atoms with van der Waals surface area (Å²) < 4.78 is 5.47. The Morgan fingerprint density at radius 1 is 0.652 bits per heavy atom. The van der Waals surface area contributed by atoms with Crippen molar-refractivity contribution in [2.75, 3.05) is 0 Å². The Kier molecular flexibility index (Phi) is 7.74. The quantitative estimate of drug-likeness (QED) is 0.124. The van der Waals surface area contributed by atoms with Crippen molar-refractivity contribution in [3.8, 4) is 0 Å². The van der Waals surface area contributed by atoms with Crippen molar-refractivity contribution in [2.45, 2.75) is 71.9 Å². The maximum atomic E-state index is 4.28. The van der Waals surface area contributed by atoms with Crippen molar-refractivity contribution >= 4 is 45.9 Å². The molecule has 0 saturated heterocycles. The molecule has 3 aromatic carbocycles. The van der Waals surface area contributed by atoms with Gasteiger partial charge in [-0.05, 0) is 92.8 Å². The number of allylic oxidation sites excluding steroid dienone is 6. The van der Waals surface area contributed by atoms with E-state index in [2.05, 4.69) is 127 Å². The standard InChI is InChI=1S/C43H45N2P/c1-29(2)33-22-18-31(19-23-33)27-44-40-16-10-8-14-36(40)38-26-39-37-15-9-11-17-41(37)45(28-32-20-24-34(25-21-32)30(3)4)43(39)46(42(38)44)35-12-6-5-7-13-35/h5-18,20,33-34H,1,3,19,21-28H2,2,4H3/t33-,34-/m1/s1. The number of hydrogen-bond donors (Lipinski definition) is 0. The topological polar surface area (TPSA) is 9.86 Å². The number of nitrogens with zero attached hydrogens (tertiary/aromatic N) is 2. The highest BCUT2D eigenvalue weighted by Crippen LogP contribution is 2.46. The second-order valence-electron chi connectivity index (χ2n) is 14.0. The van der Waals surface area contributed by atoms with E-state index in [0.29, 0.717) is 11.8 Å². The smallest absolute Gasteiger partial charge is 0.0567 e. The van der Waals surface area contributed by atoms with Crippen LogP contribution in [0.5, 0.6) is 0 Å². The number of rotatable bonds is 7. The Labute approximate surface area is 275 Å². The van der Waals surface area contributed by atoms with Gasteiger partial charge in [-0.1, -0.05) is 114 Å². The van der Waals surface area contributed by atoms with Crippen molar-refractivity contribution in [1.29, 1.82) is 0 Å². The Morgan fingerprint density at radius 3 is 1.54 bits per heavy atom. The van der Waals surface area contributed by atoms with Crippen LogP contribution in [0.4, 0.5) is 0 Å². The van der Waals surface area contributed by atoms with Gasteiger partial charge in [0.05, 0.1) is 10.9 Å². The van der Waals surface area contributed by atoms with E-state index in [1.807, 2.05) is 0 Å². The SMILES string of the molecule is C=C(C)[C@@H]1CC=C(Cn2c3c(c4ccccc42)Cc2c(n(CC4=CC[C@@H](C(=C)C)CC4)c4ccccc24)P3c2ccccc2)CC1. The molecule has 0 bridgehead atoms. The van der Waals surface area contributed by atoms with Gasteiger partial charge >= 0.3 is 0 Å². The second kappa shape index (κ2) is 12.1. The van der Waals surface area contributed by atoms with Gasteiger partial charge in [0.25, 0.3) is 0 Å². The third kappa shape index (κ3) is 5.07. The van der Waals surface area contributed by atoms with Crippen LogP contribution >= 0.6 is 7.92 Å². The molecule has 2 aliphatic carbocycles. The summed E-state index contributed by atoms with van der Waals surface area (Å²) in [5, 5.41) is 4.31. The summed E-state index contributed by atoms with van der Waals surface area (Å²) in [5.41, 5.74) is 14.8. The number of fused-ring (bicyclic) bond motifs is 6. The minimum atomic E-state index is -0.782. The van der Waals surface area contributed by atoms with Crippen LogP contribution in [-0.2, 0) is 19.5 Å². The van der Waals surface area contributed by atoms with E-state index in [9.17, 15) is 0 Å². The summed E-state index contributed by atoms with van der Waals surface area (Å²) in [5.74, 6) is 1.25. The van der Waals surface area contributed by atoms with Crippen molar-refractivity contribution < 1.29 is 0 Å². The van der Waals surface area contributed by atoms with Gasteiger partial charge in [0.15, 0.2) is 0 Å². The largest absolute Gasteiger partial charge is 0.336 e. The zero-order valence-electron chi connectivity index (χ0n) is 27.4. The fourth-order valence-electron chi connectivity index (χ4n) is 8.37. The molecule has 0 fully saturated rings. The first-order valence-electron chi connectivity index (χ1n) is 17.2. The lowest BCUT2D eigenvalue weighted by molar-refractivity contribution is 0.526. The predicted octanol–water partition coefficient (Wildman–Crippen LogP) is 9.86. The van der Waals surface area contributed by atoms with E-state index >= 15 is 0 Å². The predicted molar refractivity (Wildman–Crippen MR) is 199 cm³/mol. The van der Waals surface area contributed by atoms with Gasteiger partial charge < -0.3 is 9.13 Å². The van der Waals surface area contributed by atoms with Gasteiger partial charge in [0.2, 0.25) is 0 Å². The van der Waals surface area contributed by atoms with Crippen molar-refractivity contribution in [3.05, 3.63) is 138 Å². The van der Waals surface area contributed by atoms with E-state index in [4.69, 9.17) is 0 Å². The van der Waals surface area contributed by atoms with Crippen LogP contribution in [-0.4, -0.2) is 9.13 Å². The third-order valence-electron chi connectivity index (χ3n) is 11.0. The van der Waals surface area contributed by atoms with Crippen LogP contribution in [0.15, 0.2) is 126 Å². The maximum absolute atomic E-state index is 4.28. The minimum absolute atomic E-state index is 0.624. The number of para-hydroxylation sites is 2. The Bertz CT molecular complexity index is 1920. The van der Waals surface area contributed by atoms with Gasteiger partial charge in [-0.15, -0.1) is 0 Å². The molecule has 2 atom stereocenters. The first-order chi connectivity index (χ1) is 22.5. The first kappa shape index (κ1) is 29.5. The Morgan fingerprint density at radius 2 is 1.11 bits per heavy atom. The highest BCUT2D eigenvalue weighted by atomic mass is 31.1. The van der Waals surface area contributed by atoms with Crippen LogP contribution in [0.2, 0.25) is 0 Å². The molecule has 3 heterocycles. The summed E-state index contributed by atoms with van der Waals surface area (Å²) in [7, 11) is -0.782. The molecule has 1 aliphatic heterocycles. The second-order valence-corrected chi connectivity index (χ2v) is 16.1. The van der Waals surface area contributed by atoms with E-state index in [0.717, 1.165) is 45.2 Å². The molecule has 5 aromatic rings. The maximum Gasteiger partial charge on any atom is 0.0567 e. The minimum Gasteiger partial charge on any atom is -0.336 e. The lowest BCUT2D eigenvalue weighted by Gasteiger charge is -2.31. The summed E-state index contributed by atoms with van der Waals surface area (Å²) in [6.07, 6.45) is 13.1. The van der Waals surface area contributed by atoms with Gasteiger partial charge in [-0.25, -0.2) is 0 Å². The lowest BCUT2D eigenvalue weighted by atomic mass is 9.85. The van der Waals surface area contributed by atoms with Gasteiger partial charge in [-0.3, -0.25) is 0 Å². The fraction of sp³-hybridized carbons (Fsp3) is 0.302. The zero-order valence-corrected chi connectivity index (χ0v) is 28.3. The molecular weight excluding hydrogens is 575 g/mol. The van der Waals surface area contributed by atoms with E-state index in [-0.39, 0.29) is 0 Å². The van der Waals surface area contributed by atoms with E-state index < -0.39 is 7.92 Å². The zero-order chi connectivity index (χ0) is 31.4. The molecule has 3 aliphatic rings. The summed E-state index contributed by atoms with van der Waals surface area (Å²) in [6.45, 7) is 14.9. The Balaban J connectivity index is 1.32. The first-order valence-corrected chi connectivity index (χ1v) is 18.5. The fourth-order valence-corrected chi connectivity index (χ4v) is 11.3. The summed E-state index contributed by atoms with van der Waals surface area (Å²) in [6, 6.07) is 29.9. The average Bonchev–Trinajstić information content (AvgIpc) is 3.57. The number of benzene rings is 3. The molecule has 232 valence electrons. The van der Waals surface area contributed by atoms with Crippen LogP contribution in [0.3, 0.4) is 0 Å². The molecule has 0 amide bonds. The number of hydrogen-bond acceptors (Lipinski definition) is 0. The molecule has 3 heteroatoms. The van der Waals surface area contributed by atoms with Crippen LogP contribution < -0.4 is 16.2 Å². The summed E-state index contributed by atoms with van der Waals surface area (Å²) in [4.78, 5) is 0. The molecule has 0 unspecified atom stereocenters. The molecule has 0 spiro atoms. The molecule has 46 heavy (non-hydrogen) atoms. The Hall–Kier alpha value is -3.87. The highest BCUT2D eigenvalue weighted by Gasteiger charge is 2.37. The summed E-state index contributed by atoms with van der Waals surface area (Å²) >= 11 is 0. The van der Waals surface area contributed by atoms with E-state index in [1.165, 1.54) is 51.1 Å². The monoisotopic (exact) mass is 620 g/mol. The number of aromatic nitrogens is 2. The molecule has 8 rings (SSSR count). The van der Waals surface area contributed by atoms with Gasteiger partial charge in [0, 0.05) is 49.2 Å². The highest BCUT2D eigenvalue weighted by molar-refractivity contribution is 7.79. The van der Waals surface area contributed by atoms with Gasteiger partial charge in [-0.2, -0.15) is 0 Å². The van der Waals surface area contributed by atoms with Crippen molar-refractivity contribution in [3.63, 3.8) is 0 Å². The van der Waals surface area contributed by atoms with Crippen molar-refractivity contribution in [2.24, 2.45) is 11.8 Å². The lowest BCUT2D eigenvalue weighted by Crippen LogP contribution is -2.37. The molecular formula is C43H45N2P. The molecule has 2 nitrogen and oxygen atoms in total. The van der Waals surface area contributed by atoms with Crippen LogP contribution in [0, 0.1) is 11.8 Å². The van der Waals surface area contributed by atoms with Gasteiger partial charge in [0.1, 0.15) is 0 Å². The van der Waals surface area contributed by atoms with E-state index in [1.54, 1.807) is 33.1 Å². The van der Waals surface area contributed by atoms with Crippen LogP contribution in [0.1, 0.15) is 63.5 Å². The third-order valence-corrected chi connectivity index (χ3v) is 13.7. The molecule has 0 saturated carbocycles. The average molecular weight is 621 g/mol. The molecule has 0 N–H and O–H groups in total. The van der Waals surface area contributed by atoms with Crippen LogP contribution in [0.25, 0.3) is 21.8 Å². The molecule has 2 aromatic heterocycles. The normalized spacial score (nSPS) is 19.9. The molecule has 0 radical (unpaired) electrons.